The second-order valence-corrected chi connectivity index (χ2v) is 4.85. The Kier molecular flexibility index (Phi) is 5.55. The second-order valence-electron chi connectivity index (χ2n) is 4.85. The third-order valence-corrected chi connectivity index (χ3v) is 3.26. The number of amides is 1. The number of hydrogen-bond acceptors (Lipinski definition) is 4. The van der Waals surface area contributed by atoms with E-state index in [0.29, 0.717) is 0 Å². The molecule has 6 nitrogen and oxygen atoms in total. The lowest BCUT2D eigenvalue weighted by atomic mass is 10.1. The molecule has 1 aliphatic rings. The van der Waals surface area contributed by atoms with Crippen molar-refractivity contribution in [2.45, 2.75) is 31.9 Å². The molecule has 0 spiro atoms. The highest BCUT2D eigenvalue weighted by Crippen LogP contribution is 2.16. The fraction of sp³-hybridized carbons (Fsp3) is 0.833. The molecule has 1 fully saturated rings. The van der Waals surface area contributed by atoms with Crippen LogP contribution in [0.3, 0.4) is 0 Å². The normalized spacial score (nSPS) is 19.5. The number of likely N-dealkylation sites (tertiary alicyclic amines) is 1. The number of aliphatic carboxylic acids is 1. The third kappa shape index (κ3) is 4.27. The van der Waals surface area contributed by atoms with Crippen molar-refractivity contribution in [3.63, 3.8) is 0 Å². The molecule has 0 aromatic carbocycles. The first kappa shape index (κ1) is 14.9. The topological polar surface area (TPSA) is 70.1 Å². The van der Waals surface area contributed by atoms with Crippen LogP contribution in [-0.4, -0.2) is 72.7 Å². The quantitative estimate of drug-likeness (QED) is 0.753. The highest BCUT2D eigenvalue weighted by molar-refractivity contribution is 5.80. The molecule has 0 aromatic rings. The summed E-state index contributed by atoms with van der Waals surface area (Å²) in [5.41, 5.74) is 0. The third-order valence-electron chi connectivity index (χ3n) is 3.26. The van der Waals surface area contributed by atoms with E-state index in [-0.39, 0.29) is 24.7 Å². The molecule has 0 radical (unpaired) electrons. The summed E-state index contributed by atoms with van der Waals surface area (Å²) in [4.78, 5) is 25.9. The van der Waals surface area contributed by atoms with Crippen molar-refractivity contribution in [2.24, 2.45) is 0 Å². The van der Waals surface area contributed by atoms with Gasteiger partial charge in [-0.1, -0.05) is 0 Å². The van der Waals surface area contributed by atoms with Gasteiger partial charge in [-0.05, 0) is 19.8 Å². The summed E-state index contributed by atoms with van der Waals surface area (Å²) in [6.45, 7) is 3.20. The number of carboxylic acids is 1. The average molecular weight is 258 g/mol. The minimum atomic E-state index is -0.936. The number of carbonyl (C=O) groups excluding carboxylic acids is 1. The smallest absolute Gasteiger partial charge is 0.329 e. The lowest BCUT2D eigenvalue weighted by Crippen LogP contribution is -2.49. The molecule has 18 heavy (non-hydrogen) atoms. The van der Waals surface area contributed by atoms with Crippen LogP contribution in [0, 0.1) is 0 Å². The van der Waals surface area contributed by atoms with E-state index in [4.69, 9.17) is 9.84 Å². The van der Waals surface area contributed by atoms with Gasteiger partial charge in [-0.2, -0.15) is 0 Å². The van der Waals surface area contributed by atoms with Gasteiger partial charge in [-0.25, -0.2) is 4.79 Å². The summed E-state index contributed by atoms with van der Waals surface area (Å²) in [5, 5.41) is 8.53. The summed E-state index contributed by atoms with van der Waals surface area (Å²) >= 11 is 0. The second kappa shape index (κ2) is 6.70. The van der Waals surface area contributed by atoms with Crippen LogP contribution in [0.1, 0.15) is 19.8 Å². The molecule has 1 atom stereocenters. The number of rotatable bonds is 5. The molecule has 1 unspecified atom stereocenters. The molecule has 1 saturated heterocycles. The molecule has 6 heteroatoms. The van der Waals surface area contributed by atoms with Crippen LogP contribution >= 0.6 is 0 Å². The number of nitrogens with zero attached hydrogens (tertiary/aromatic N) is 2. The van der Waals surface area contributed by atoms with Crippen LogP contribution in [-0.2, 0) is 14.3 Å². The summed E-state index contributed by atoms with van der Waals surface area (Å²) in [6.07, 6.45) is 1.55. The van der Waals surface area contributed by atoms with E-state index >= 15 is 0 Å². The fourth-order valence-corrected chi connectivity index (χ4v) is 2.15. The van der Waals surface area contributed by atoms with Crippen molar-refractivity contribution in [3.05, 3.63) is 0 Å². The Balaban J connectivity index is 2.34. The van der Waals surface area contributed by atoms with E-state index in [9.17, 15) is 9.59 Å². The number of carbonyl (C=O) groups is 2. The van der Waals surface area contributed by atoms with Gasteiger partial charge in [0.2, 0.25) is 5.91 Å². The Morgan fingerprint density at radius 3 is 2.39 bits per heavy atom. The zero-order valence-electron chi connectivity index (χ0n) is 11.3. The van der Waals surface area contributed by atoms with Crippen LogP contribution in [0.2, 0.25) is 0 Å². The van der Waals surface area contributed by atoms with Crippen LogP contribution in [0.4, 0.5) is 0 Å². The first-order valence-corrected chi connectivity index (χ1v) is 6.20. The maximum atomic E-state index is 11.8. The Morgan fingerprint density at radius 2 is 1.94 bits per heavy atom. The van der Waals surface area contributed by atoms with Gasteiger partial charge < -0.3 is 14.7 Å². The first-order chi connectivity index (χ1) is 8.41. The predicted molar refractivity (Wildman–Crippen MR) is 66.3 cm³/mol. The fourth-order valence-electron chi connectivity index (χ4n) is 2.15. The molecule has 104 valence electrons. The van der Waals surface area contributed by atoms with Gasteiger partial charge in [-0.15, -0.1) is 0 Å². The lowest BCUT2D eigenvalue weighted by molar-refractivity contribution is -0.145. The monoisotopic (exact) mass is 258 g/mol. The van der Waals surface area contributed by atoms with Crippen molar-refractivity contribution >= 4 is 11.9 Å². The maximum absolute atomic E-state index is 11.8. The van der Waals surface area contributed by atoms with Crippen molar-refractivity contribution in [1.82, 2.24) is 9.80 Å². The van der Waals surface area contributed by atoms with Crippen molar-refractivity contribution in [1.29, 1.82) is 0 Å². The van der Waals surface area contributed by atoms with Gasteiger partial charge in [0.25, 0.3) is 0 Å². The summed E-state index contributed by atoms with van der Waals surface area (Å²) in [5.74, 6) is -0.839. The van der Waals surface area contributed by atoms with Gasteiger partial charge >= 0.3 is 5.97 Å². The van der Waals surface area contributed by atoms with E-state index < -0.39 is 5.97 Å². The number of hydrogen-bond donors (Lipinski definition) is 1. The molecule has 1 N–H and O–H groups in total. The van der Waals surface area contributed by atoms with Crippen LogP contribution in [0.15, 0.2) is 0 Å². The summed E-state index contributed by atoms with van der Waals surface area (Å²) in [6, 6.07) is -0.125. The zero-order valence-corrected chi connectivity index (χ0v) is 11.3. The Hall–Kier alpha value is -1.14. The Labute approximate surface area is 107 Å². The average Bonchev–Trinajstić information content (AvgIpc) is 2.35. The number of piperidine rings is 1. The van der Waals surface area contributed by atoms with Crippen molar-refractivity contribution in [2.75, 3.05) is 33.8 Å². The molecular formula is C12H22N2O4. The standard InChI is InChI=1S/C12H22N2O4/c1-9(12(17)13(2)3)14-6-4-10(5-7-14)18-8-11(15)16/h9-10H,4-8H2,1-3H3,(H,15,16). The highest BCUT2D eigenvalue weighted by atomic mass is 16.5. The molecular weight excluding hydrogens is 236 g/mol. The Bertz CT molecular complexity index is 298. The van der Waals surface area contributed by atoms with E-state index in [1.165, 1.54) is 0 Å². The van der Waals surface area contributed by atoms with Crippen LogP contribution in [0.25, 0.3) is 0 Å². The lowest BCUT2D eigenvalue weighted by Gasteiger charge is -2.35. The highest BCUT2D eigenvalue weighted by Gasteiger charge is 2.27. The summed E-state index contributed by atoms with van der Waals surface area (Å²) in [7, 11) is 3.50. The molecule has 1 heterocycles. The Morgan fingerprint density at radius 1 is 1.39 bits per heavy atom. The van der Waals surface area contributed by atoms with Gasteiger partial charge in [0, 0.05) is 27.2 Å². The molecule has 1 aliphatic heterocycles. The van der Waals surface area contributed by atoms with Crippen molar-refractivity contribution in [3.8, 4) is 0 Å². The molecule has 0 aromatic heterocycles. The number of ether oxygens (including phenoxy) is 1. The van der Waals surface area contributed by atoms with E-state index in [0.717, 1.165) is 25.9 Å². The van der Waals surface area contributed by atoms with Gasteiger partial charge in [-0.3, -0.25) is 9.69 Å². The predicted octanol–water partition coefficient (Wildman–Crippen LogP) is 0.0287. The minimum absolute atomic E-state index is 0.000918. The van der Waals surface area contributed by atoms with Gasteiger partial charge in [0.1, 0.15) is 6.61 Å². The van der Waals surface area contributed by atoms with Crippen molar-refractivity contribution < 1.29 is 19.4 Å². The maximum Gasteiger partial charge on any atom is 0.329 e. The van der Waals surface area contributed by atoms with E-state index in [2.05, 4.69) is 4.90 Å². The molecule has 0 saturated carbocycles. The van der Waals surface area contributed by atoms with Gasteiger partial charge in [0.15, 0.2) is 0 Å². The van der Waals surface area contributed by atoms with Crippen LogP contribution < -0.4 is 0 Å². The number of carboxylic acid groups (broad SMARTS) is 1. The minimum Gasteiger partial charge on any atom is -0.480 e. The molecule has 0 aliphatic carbocycles. The van der Waals surface area contributed by atoms with E-state index in [1.54, 1.807) is 19.0 Å². The van der Waals surface area contributed by atoms with E-state index in [1.807, 2.05) is 6.92 Å². The first-order valence-electron chi connectivity index (χ1n) is 6.20. The van der Waals surface area contributed by atoms with Crippen LogP contribution in [0.5, 0.6) is 0 Å². The molecule has 1 amide bonds. The molecule has 0 bridgehead atoms. The summed E-state index contributed by atoms with van der Waals surface area (Å²) < 4.78 is 5.26. The zero-order chi connectivity index (χ0) is 13.7. The SMILES string of the molecule is CC(C(=O)N(C)C)N1CCC(OCC(=O)O)CC1. The molecule has 1 rings (SSSR count). The van der Waals surface area contributed by atoms with Gasteiger partial charge in [0.05, 0.1) is 12.1 Å². The number of likely N-dealkylation sites (N-methyl/N-ethyl adjacent to an activating group) is 1. The largest absolute Gasteiger partial charge is 0.480 e.